The summed E-state index contributed by atoms with van der Waals surface area (Å²) in [5, 5.41) is 3.04. The molecule has 4 nitrogen and oxygen atoms in total. The molecule has 0 amide bonds. The van der Waals surface area contributed by atoms with E-state index in [2.05, 4.69) is 11.2 Å². The zero-order valence-electron chi connectivity index (χ0n) is 9.21. The quantitative estimate of drug-likeness (QED) is 0.537. The van der Waals surface area contributed by atoms with Crippen molar-refractivity contribution in [2.75, 3.05) is 19.8 Å². The molecular formula is C11H17NO3. The molecule has 0 aromatic rings. The first-order valence-electron chi connectivity index (χ1n) is 5.14. The van der Waals surface area contributed by atoms with Gasteiger partial charge in [0.1, 0.15) is 5.54 Å². The second kappa shape index (κ2) is 5.15. The predicted molar refractivity (Wildman–Crippen MR) is 56.2 cm³/mol. The fourth-order valence-corrected chi connectivity index (χ4v) is 1.78. The molecule has 0 radical (unpaired) electrons. The largest absolute Gasteiger partial charge is 0.465 e. The molecule has 1 rings (SSSR count). The Hall–Kier alpha value is -1.05. The Bertz CT molecular complexity index is 271. The van der Waals surface area contributed by atoms with Gasteiger partial charge in [-0.25, -0.2) is 4.79 Å². The van der Waals surface area contributed by atoms with Crippen LogP contribution in [0.1, 0.15) is 20.3 Å². The lowest BCUT2D eigenvalue weighted by Crippen LogP contribution is -2.57. The van der Waals surface area contributed by atoms with Crippen LogP contribution >= 0.6 is 0 Å². The molecule has 2 atom stereocenters. The second-order valence-electron chi connectivity index (χ2n) is 3.51. The molecule has 0 bridgehead atoms. The van der Waals surface area contributed by atoms with Crippen LogP contribution < -0.4 is 5.32 Å². The van der Waals surface area contributed by atoms with Crippen molar-refractivity contribution < 1.29 is 14.3 Å². The van der Waals surface area contributed by atoms with Gasteiger partial charge in [-0.2, -0.15) is 0 Å². The molecule has 0 spiro atoms. The molecule has 0 aromatic carbocycles. The summed E-state index contributed by atoms with van der Waals surface area (Å²) in [6.45, 7) is 4.90. The van der Waals surface area contributed by atoms with Crippen LogP contribution in [0.2, 0.25) is 0 Å². The molecule has 15 heavy (non-hydrogen) atoms. The zero-order chi connectivity index (χ0) is 11.3. The van der Waals surface area contributed by atoms with E-state index < -0.39 is 5.54 Å². The minimum Gasteiger partial charge on any atom is -0.465 e. The van der Waals surface area contributed by atoms with E-state index in [1.54, 1.807) is 6.92 Å². The molecule has 1 fully saturated rings. The highest BCUT2D eigenvalue weighted by molar-refractivity contribution is 5.82. The third-order valence-electron chi connectivity index (χ3n) is 2.70. The van der Waals surface area contributed by atoms with Gasteiger partial charge in [0.2, 0.25) is 0 Å². The fourth-order valence-electron chi connectivity index (χ4n) is 1.78. The van der Waals surface area contributed by atoms with Gasteiger partial charge >= 0.3 is 5.97 Å². The van der Waals surface area contributed by atoms with E-state index in [0.29, 0.717) is 26.2 Å². The maximum Gasteiger partial charge on any atom is 0.329 e. The van der Waals surface area contributed by atoms with Crippen molar-refractivity contribution in [1.29, 1.82) is 0 Å². The van der Waals surface area contributed by atoms with Crippen molar-refractivity contribution in [3.05, 3.63) is 0 Å². The van der Waals surface area contributed by atoms with E-state index in [-0.39, 0.29) is 12.1 Å². The molecule has 0 saturated carbocycles. The Morgan fingerprint density at radius 1 is 1.80 bits per heavy atom. The Labute approximate surface area is 90.3 Å². The molecule has 0 aromatic heterocycles. The van der Waals surface area contributed by atoms with Gasteiger partial charge in [-0.1, -0.05) is 5.92 Å². The van der Waals surface area contributed by atoms with Crippen LogP contribution in [0, 0.1) is 12.3 Å². The summed E-state index contributed by atoms with van der Waals surface area (Å²) in [6, 6.07) is 0. The highest BCUT2D eigenvalue weighted by Gasteiger charge is 2.48. The average Bonchev–Trinajstić information content (AvgIpc) is 2.58. The Balaban J connectivity index is 2.76. The lowest BCUT2D eigenvalue weighted by atomic mass is 9.92. The molecule has 4 heteroatoms. The monoisotopic (exact) mass is 211 g/mol. The summed E-state index contributed by atoms with van der Waals surface area (Å²) in [6.07, 6.45) is 5.58. The van der Waals surface area contributed by atoms with Crippen LogP contribution in [0.3, 0.4) is 0 Å². The Morgan fingerprint density at radius 3 is 3.00 bits per heavy atom. The minimum atomic E-state index is -0.762. The van der Waals surface area contributed by atoms with Gasteiger partial charge in [-0.15, -0.1) is 6.42 Å². The molecule has 0 aliphatic carbocycles. The van der Waals surface area contributed by atoms with E-state index >= 15 is 0 Å². The number of hydrogen-bond donors (Lipinski definition) is 1. The fraction of sp³-hybridized carbons (Fsp3) is 0.727. The first-order chi connectivity index (χ1) is 7.17. The molecular weight excluding hydrogens is 194 g/mol. The van der Waals surface area contributed by atoms with Gasteiger partial charge in [-0.3, -0.25) is 5.32 Å². The van der Waals surface area contributed by atoms with E-state index in [0.717, 1.165) is 0 Å². The van der Waals surface area contributed by atoms with Crippen molar-refractivity contribution in [3.63, 3.8) is 0 Å². The standard InChI is InChI=1S/C11H17NO3/c1-4-7-12-11(10(13)14-5-2)6-8-15-9(11)3/h1,9,12H,5-8H2,2-3H3. The molecule has 1 N–H and O–H groups in total. The van der Waals surface area contributed by atoms with E-state index in [1.165, 1.54) is 0 Å². The van der Waals surface area contributed by atoms with E-state index in [4.69, 9.17) is 15.9 Å². The smallest absolute Gasteiger partial charge is 0.329 e. The van der Waals surface area contributed by atoms with Crippen molar-refractivity contribution in [2.45, 2.75) is 31.9 Å². The highest BCUT2D eigenvalue weighted by Crippen LogP contribution is 2.27. The molecule has 1 aliphatic heterocycles. The number of terminal acetylenes is 1. The van der Waals surface area contributed by atoms with Gasteiger partial charge < -0.3 is 9.47 Å². The number of hydrogen-bond acceptors (Lipinski definition) is 4. The van der Waals surface area contributed by atoms with Crippen molar-refractivity contribution >= 4 is 5.97 Å². The number of carbonyl (C=O) groups is 1. The van der Waals surface area contributed by atoms with E-state index in [1.807, 2.05) is 6.92 Å². The van der Waals surface area contributed by atoms with E-state index in [9.17, 15) is 4.79 Å². The molecule has 2 unspecified atom stereocenters. The van der Waals surface area contributed by atoms with Crippen LogP contribution in [0.25, 0.3) is 0 Å². The summed E-state index contributed by atoms with van der Waals surface area (Å²) in [5.41, 5.74) is -0.762. The van der Waals surface area contributed by atoms with Crippen LogP contribution in [0.4, 0.5) is 0 Å². The summed E-state index contributed by atoms with van der Waals surface area (Å²) < 4.78 is 10.4. The predicted octanol–water partition coefficient (Wildman–Crippen LogP) is 0.320. The Morgan fingerprint density at radius 2 is 2.53 bits per heavy atom. The van der Waals surface area contributed by atoms with Gasteiger partial charge in [0.15, 0.2) is 0 Å². The first kappa shape index (κ1) is 12.0. The maximum absolute atomic E-state index is 11.9. The molecule has 84 valence electrons. The number of rotatable bonds is 4. The SMILES string of the molecule is C#CCNC1(C(=O)OCC)CCOC1C. The summed E-state index contributed by atoms with van der Waals surface area (Å²) in [7, 11) is 0. The third kappa shape index (κ3) is 2.31. The number of nitrogens with one attached hydrogen (secondary N) is 1. The average molecular weight is 211 g/mol. The number of ether oxygens (including phenoxy) is 2. The number of carbonyl (C=O) groups excluding carboxylic acids is 1. The summed E-state index contributed by atoms with van der Waals surface area (Å²) in [5.74, 6) is 2.19. The van der Waals surface area contributed by atoms with Crippen LogP contribution in [0.15, 0.2) is 0 Å². The topological polar surface area (TPSA) is 47.6 Å². The molecule has 1 aliphatic rings. The first-order valence-corrected chi connectivity index (χ1v) is 5.14. The second-order valence-corrected chi connectivity index (χ2v) is 3.51. The molecule has 1 heterocycles. The number of esters is 1. The summed E-state index contributed by atoms with van der Waals surface area (Å²) >= 11 is 0. The van der Waals surface area contributed by atoms with Crippen LogP contribution in [0.5, 0.6) is 0 Å². The van der Waals surface area contributed by atoms with Gasteiger partial charge in [0, 0.05) is 13.0 Å². The van der Waals surface area contributed by atoms with Crippen LogP contribution in [-0.2, 0) is 14.3 Å². The zero-order valence-corrected chi connectivity index (χ0v) is 9.21. The minimum absolute atomic E-state index is 0.204. The third-order valence-corrected chi connectivity index (χ3v) is 2.70. The van der Waals surface area contributed by atoms with Crippen molar-refractivity contribution in [1.82, 2.24) is 5.32 Å². The van der Waals surface area contributed by atoms with Crippen molar-refractivity contribution in [2.24, 2.45) is 0 Å². The van der Waals surface area contributed by atoms with Gasteiger partial charge in [0.05, 0.1) is 19.3 Å². The highest BCUT2D eigenvalue weighted by atomic mass is 16.5. The van der Waals surface area contributed by atoms with Gasteiger partial charge in [-0.05, 0) is 13.8 Å². The lowest BCUT2D eigenvalue weighted by molar-refractivity contribution is -0.153. The van der Waals surface area contributed by atoms with Crippen LogP contribution in [-0.4, -0.2) is 37.4 Å². The summed E-state index contributed by atoms with van der Waals surface area (Å²) in [4.78, 5) is 11.9. The van der Waals surface area contributed by atoms with Crippen molar-refractivity contribution in [3.8, 4) is 12.3 Å². The maximum atomic E-state index is 11.9. The lowest BCUT2D eigenvalue weighted by Gasteiger charge is -2.29. The normalized spacial score (nSPS) is 29.8. The van der Waals surface area contributed by atoms with Gasteiger partial charge in [0.25, 0.3) is 0 Å². The molecule has 1 saturated heterocycles. The Kier molecular flexibility index (Phi) is 4.13.